The van der Waals surface area contributed by atoms with Gasteiger partial charge in [0.1, 0.15) is 19.0 Å². The summed E-state index contributed by atoms with van der Waals surface area (Å²) in [5, 5.41) is 19.6. The maximum atomic E-state index is 11.7. The Bertz CT molecular complexity index is 927. The Morgan fingerprint density at radius 3 is 2.26 bits per heavy atom. The number of amides is 1. The van der Waals surface area contributed by atoms with Gasteiger partial charge in [-0.2, -0.15) is 0 Å². The zero-order valence-electron chi connectivity index (χ0n) is 16.9. The molecular formula is C22H23Cl2NO6. The summed E-state index contributed by atoms with van der Waals surface area (Å²) in [6.45, 7) is 2.70. The summed E-state index contributed by atoms with van der Waals surface area (Å²) >= 11 is 12.3. The summed E-state index contributed by atoms with van der Waals surface area (Å²) < 4.78 is 11.3. The summed E-state index contributed by atoms with van der Waals surface area (Å²) in [6, 6.07) is 10.7. The molecule has 3 rings (SSSR count). The molecule has 1 fully saturated rings. The number of hydrogen-bond acceptors (Lipinski definition) is 4. The molecule has 0 aliphatic carbocycles. The van der Waals surface area contributed by atoms with Gasteiger partial charge in [0.15, 0.2) is 5.75 Å². The Morgan fingerprint density at radius 1 is 1.06 bits per heavy atom. The van der Waals surface area contributed by atoms with Gasteiger partial charge in [-0.25, -0.2) is 4.79 Å². The van der Waals surface area contributed by atoms with Crippen LogP contribution >= 0.6 is 23.2 Å². The third kappa shape index (κ3) is 5.74. The van der Waals surface area contributed by atoms with E-state index in [0.717, 1.165) is 16.0 Å². The molecule has 0 spiro atoms. The second kappa shape index (κ2) is 10.1. The van der Waals surface area contributed by atoms with Crippen LogP contribution in [0, 0.1) is 12.8 Å². The predicted molar refractivity (Wildman–Crippen MR) is 117 cm³/mol. The molecule has 0 radical (unpaired) electrons. The third-order valence-corrected chi connectivity index (χ3v) is 5.81. The zero-order valence-corrected chi connectivity index (χ0v) is 18.4. The van der Waals surface area contributed by atoms with Gasteiger partial charge in [0, 0.05) is 19.0 Å². The van der Waals surface area contributed by atoms with Crippen LogP contribution in [0.3, 0.4) is 0 Å². The topological polar surface area (TPSA) is 96.3 Å². The average molecular weight is 468 g/mol. The van der Waals surface area contributed by atoms with Crippen molar-refractivity contribution in [3.63, 3.8) is 0 Å². The van der Waals surface area contributed by atoms with Crippen molar-refractivity contribution in [3.05, 3.63) is 57.6 Å². The van der Waals surface area contributed by atoms with Crippen molar-refractivity contribution in [1.82, 2.24) is 4.90 Å². The maximum Gasteiger partial charge on any atom is 0.407 e. The SMILES string of the molecule is Cc1cc(Cl)c(OCCOc2ccc([C@H]3CCN(C(=O)O)C[C@@H]3C(=O)O)cc2)c(Cl)c1. The fourth-order valence-electron chi connectivity index (χ4n) is 3.71. The van der Waals surface area contributed by atoms with Gasteiger partial charge in [-0.15, -0.1) is 0 Å². The van der Waals surface area contributed by atoms with Crippen LogP contribution in [0.4, 0.5) is 4.79 Å². The van der Waals surface area contributed by atoms with Crippen molar-refractivity contribution in [1.29, 1.82) is 0 Å². The number of hydrogen-bond donors (Lipinski definition) is 2. The van der Waals surface area contributed by atoms with Crippen molar-refractivity contribution in [3.8, 4) is 11.5 Å². The molecule has 0 unspecified atom stereocenters. The first-order valence-electron chi connectivity index (χ1n) is 9.78. The molecule has 166 valence electrons. The van der Waals surface area contributed by atoms with Gasteiger partial charge in [-0.1, -0.05) is 35.3 Å². The first kappa shape index (κ1) is 23.0. The number of benzene rings is 2. The van der Waals surface area contributed by atoms with Gasteiger partial charge in [0.05, 0.1) is 16.0 Å². The number of nitrogens with zero attached hydrogens (tertiary/aromatic N) is 1. The molecule has 1 aliphatic heterocycles. The largest absolute Gasteiger partial charge is 0.490 e. The highest BCUT2D eigenvalue weighted by atomic mass is 35.5. The molecule has 0 bridgehead atoms. The molecule has 2 aromatic carbocycles. The maximum absolute atomic E-state index is 11.7. The van der Waals surface area contributed by atoms with Crippen molar-refractivity contribution in [2.24, 2.45) is 5.92 Å². The minimum atomic E-state index is -1.09. The van der Waals surface area contributed by atoms with E-state index in [9.17, 15) is 14.7 Å². The molecule has 7 nitrogen and oxygen atoms in total. The lowest BCUT2D eigenvalue weighted by atomic mass is 9.80. The molecule has 2 N–H and O–H groups in total. The third-order valence-electron chi connectivity index (χ3n) is 5.25. The van der Waals surface area contributed by atoms with E-state index < -0.39 is 18.0 Å². The van der Waals surface area contributed by atoms with Crippen LogP contribution < -0.4 is 9.47 Å². The number of rotatable bonds is 7. The average Bonchev–Trinajstić information content (AvgIpc) is 2.72. The molecule has 1 heterocycles. The highest BCUT2D eigenvalue weighted by Crippen LogP contribution is 2.35. The Balaban J connectivity index is 1.55. The van der Waals surface area contributed by atoms with Crippen LogP contribution in [-0.4, -0.2) is 53.5 Å². The molecule has 2 aromatic rings. The highest BCUT2D eigenvalue weighted by molar-refractivity contribution is 6.37. The predicted octanol–water partition coefficient (Wildman–Crippen LogP) is 4.93. The number of ether oxygens (including phenoxy) is 2. The monoisotopic (exact) mass is 467 g/mol. The lowest BCUT2D eigenvalue weighted by Crippen LogP contribution is -2.45. The normalized spacial score (nSPS) is 18.5. The van der Waals surface area contributed by atoms with Gasteiger partial charge in [-0.05, 0) is 48.7 Å². The second-order valence-corrected chi connectivity index (χ2v) is 8.21. The zero-order chi connectivity index (χ0) is 22.5. The van der Waals surface area contributed by atoms with Crippen molar-refractivity contribution in [2.75, 3.05) is 26.3 Å². The van der Waals surface area contributed by atoms with Gasteiger partial charge in [0.25, 0.3) is 0 Å². The Labute approximate surface area is 190 Å². The molecule has 2 atom stereocenters. The van der Waals surface area contributed by atoms with Crippen molar-refractivity contribution < 1.29 is 29.3 Å². The van der Waals surface area contributed by atoms with E-state index in [-0.39, 0.29) is 25.7 Å². The highest BCUT2D eigenvalue weighted by Gasteiger charge is 2.36. The van der Waals surface area contributed by atoms with Crippen LogP contribution in [0.2, 0.25) is 10.0 Å². The van der Waals surface area contributed by atoms with E-state index in [1.165, 1.54) is 0 Å². The number of likely N-dealkylation sites (tertiary alicyclic amines) is 1. The first-order chi connectivity index (χ1) is 14.8. The Kier molecular flexibility index (Phi) is 7.51. The first-order valence-corrected chi connectivity index (χ1v) is 10.5. The number of halogens is 2. The number of carboxylic acid groups (broad SMARTS) is 2. The van der Waals surface area contributed by atoms with E-state index in [2.05, 4.69) is 0 Å². The molecule has 9 heteroatoms. The molecule has 0 aromatic heterocycles. The smallest absolute Gasteiger partial charge is 0.407 e. The standard InChI is InChI=1S/C22H23Cl2NO6/c1-13-10-18(23)20(19(24)11-13)31-9-8-30-15-4-2-14(3-5-15)16-6-7-25(22(28)29)12-17(16)21(26)27/h2-5,10-11,16-17H,6-9,12H2,1H3,(H,26,27)(H,28,29)/t16-,17+/m1/s1. The van der Waals surface area contributed by atoms with Gasteiger partial charge in [0.2, 0.25) is 0 Å². The van der Waals surface area contributed by atoms with E-state index in [0.29, 0.717) is 34.5 Å². The molecule has 1 aliphatic rings. The van der Waals surface area contributed by atoms with Crippen molar-refractivity contribution >= 4 is 35.3 Å². The van der Waals surface area contributed by atoms with E-state index >= 15 is 0 Å². The fraction of sp³-hybridized carbons (Fsp3) is 0.364. The van der Waals surface area contributed by atoms with Gasteiger partial charge >= 0.3 is 12.1 Å². The quantitative estimate of drug-likeness (QED) is 0.560. The molecule has 0 saturated carbocycles. The Morgan fingerprint density at radius 2 is 1.68 bits per heavy atom. The minimum absolute atomic E-state index is 0.0188. The number of carboxylic acids is 1. The molecular weight excluding hydrogens is 445 g/mol. The van der Waals surface area contributed by atoms with Crippen molar-refractivity contribution in [2.45, 2.75) is 19.3 Å². The minimum Gasteiger partial charge on any atom is -0.490 e. The van der Waals surface area contributed by atoms with Gasteiger partial charge in [-0.3, -0.25) is 4.79 Å². The number of aliphatic carboxylic acids is 1. The summed E-state index contributed by atoms with van der Waals surface area (Å²) in [5.74, 6) is -1.00. The number of carbonyl (C=O) groups is 2. The van der Waals surface area contributed by atoms with Crippen LogP contribution in [0.25, 0.3) is 0 Å². The summed E-state index contributed by atoms with van der Waals surface area (Å²) in [6.07, 6.45) is -0.640. The summed E-state index contributed by atoms with van der Waals surface area (Å²) in [4.78, 5) is 24.0. The van der Waals surface area contributed by atoms with E-state index in [1.807, 2.05) is 19.1 Å². The van der Waals surface area contributed by atoms with Crippen LogP contribution in [0.15, 0.2) is 36.4 Å². The van der Waals surface area contributed by atoms with Crippen LogP contribution in [0.1, 0.15) is 23.5 Å². The lowest BCUT2D eigenvalue weighted by molar-refractivity contribution is -0.144. The summed E-state index contributed by atoms with van der Waals surface area (Å²) in [7, 11) is 0. The van der Waals surface area contributed by atoms with E-state index in [1.54, 1.807) is 24.3 Å². The number of aryl methyl sites for hydroxylation is 1. The lowest BCUT2D eigenvalue weighted by Gasteiger charge is -2.35. The number of piperidine rings is 1. The van der Waals surface area contributed by atoms with Crippen LogP contribution in [0.5, 0.6) is 11.5 Å². The second-order valence-electron chi connectivity index (χ2n) is 7.39. The summed E-state index contributed by atoms with van der Waals surface area (Å²) in [5.41, 5.74) is 1.79. The molecule has 1 amide bonds. The molecule has 1 saturated heterocycles. The van der Waals surface area contributed by atoms with Gasteiger partial charge < -0.3 is 24.6 Å². The Hall–Kier alpha value is -2.64. The molecule has 31 heavy (non-hydrogen) atoms. The fourth-order valence-corrected chi connectivity index (χ4v) is 4.42. The van der Waals surface area contributed by atoms with Crippen LogP contribution in [-0.2, 0) is 4.79 Å². The van der Waals surface area contributed by atoms with E-state index in [4.69, 9.17) is 37.8 Å².